The highest BCUT2D eigenvalue weighted by Crippen LogP contribution is 2.25. The van der Waals surface area contributed by atoms with E-state index < -0.39 is 6.04 Å². The Morgan fingerprint density at radius 1 is 0.946 bits per heavy atom. The summed E-state index contributed by atoms with van der Waals surface area (Å²) in [5, 5.41) is 4.07. The van der Waals surface area contributed by atoms with E-state index in [0.717, 1.165) is 35.1 Å². The number of amides is 2. The third-order valence-corrected chi connectivity index (χ3v) is 7.91. The van der Waals surface area contributed by atoms with Crippen LogP contribution in [0.4, 0.5) is 0 Å². The number of nitrogens with one attached hydrogen (secondary N) is 1. The van der Waals surface area contributed by atoms with Gasteiger partial charge in [0, 0.05) is 25.3 Å². The molecule has 0 aliphatic rings. The van der Waals surface area contributed by atoms with E-state index >= 15 is 0 Å². The lowest BCUT2D eigenvalue weighted by atomic mass is 10.0. The van der Waals surface area contributed by atoms with Gasteiger partial charge in [-0.05, 0) is 47.7 Å². The highest BCUT2D eigenvalue weighted by Gasteiger charge is 2.30. The first-order valence-corrected chi connectivity index (χ1v) is 14.5. The van der Waals surface area contributed by atoms with Gasteiger partial charge in [-0.15, -0.1) is 11.8 Å². The van der Waals surface area contributed by atoms with Crippen molar-refractivity contribution in [2.75, 3.05) is 12.3 Å². The third-order valence-electron chi connectivity index (χ3n) is 6.18. The summed E-state index contributed by atoms with van der Waals surface area (Å²) < 4.78 is 0. The Labute approximate surface area is 234 Å². The fourth-order valence-electron chi connectivity index (χ4n) is 4.00. The van der Waals surface area contributed by atoms with Gasteiger partial charge in [-0.1, -0.05) is 97.2 Å². The zero-order valence-electron chi connectivity index (χ0n) is 21.4. The van der Waals surface area contributed by atoms with Crippen LogP contribution in [0.2, 0.25) is 10.0 Å². The van der Waals surface area contributed by atoms with E-state index in [2.05, 4.69) is 12.2 Å². The molecule has 7 heteroatoms. The number of nitrogens with zero attached hydrogens (tertiary/aromatic N) is 1. The minimum absolute atomic E-state index is 0.0695. The van der Waals surface area contributed by atoms with E-state index in [9.17, 15) is 9.59 Å². The predicted octanol–water partition coefficient (Wildman–Crippen LogP) is 7.09. The van der Waals surface area contributed by atoms with Gasteiger partial charge in [-0.2, -0.15) is 0 Å². The second-order valence-corrected chi connectivity index (χ2v) is 10.8. The third kappa shape index (κ3) is 9.10. The van der Waals surface area contributed by atoms with Gasteiger partial charge in [0.05, 0.1) is 15.8 Å². The van der Waals surface area contributed by atoms with Gasteiger partial charge in [-0.3, -0.25) is 9.59 Å². The molecule has 0 aromatic heterocycles. The van der Waals surface area contributed by atoms with Gasteiger partial charge in [0.25, 0.3) is 0 Å². The van der Waals surface area contributed by atoms with Gasteiger partial charge in [0.15, 0.2) is 0 Å². The monoisotopic (exact) mass is 556 g/mol. The highest BCUT2D eigenvalue weighted by atomic mass is 35.5. The molecule has 196 valence electrons. The van der Waals surface area contributed by atoms with E-state index in [4.69, 9.17) is 23.2 Å². The van der Waals surface area contributed by atoms with Crippen LogP contribution < -0.4 is 5.32 Å². The molecule has 1 unspecified atom stereocenters. The lowest BCUT2D eigenvalue weighted by Gasteiger charge is -2.32. The molecule has 3 aromatic carbocycles. The van der Waals surface area contributed by atoms with Crippen LogP contribution >= 0.6 is 35.0 Å². The number of hydrogen-bond acceptors (Lipinski definition) is 3. The molecule has 0 saturated carbocycles. The SMILES string of the molecule is CCCCNC(=O)C(Cc1ccccc1)N(Cc1ccccc1C)C(=O)CSCc1ccc(Cl)c(Cl)c1. The van der Waals surface area contributed by atoms with Gasteiger partial charge in [0.1, 0.15) is 6.04 Å². The second-order valence-electron chi connectivity index (χ2n) is 9.04. The van der Waals surface area contributed by atoms with Crippen LogP contribution in [0.1, 0.15) is 42.0 Å². The van der Waals surface area contributed by atoms with Gasteiger partial charge < -0.3 is 10.2 Å². The molecule has 0 heterocycles. The summed E-state index contributed by atoms with van der Waals surface area (Å²) in [6.07, 6.45) is 2.34. The van der Waals surface area contributed by atoms with Crippen molar-refractivity contribution in [3.8, 4) is 0 Å². The Hall–Kier alpha value is -2.47. The van der Waals surface area contributed by atoms with Crippen molar-refractivity contribution < 1.29 is 9.59 Å². The first-order valence-electron chi connectivity index (χ1n) is 12.6. The van der Waals surface area contributed by atoms with Gasteiger partial charge >= 0.3 is 0 Å². The summed E-state index contributed by atoms with van der Waals surface area (Å²) in [7, 11) is 0. The van der Waals surface area contributed by atoms with Crippen molar-refractivity contribution in [3.63, 3.8) is 0 Å². The molecule has 0 aliphatic carbocycles. The minimum atomic E-state index is -0.614. The molecular weight excluding hydrogens is 523 g/mol. The minimum Gasteiger partial charge on any atom is -0.354 e. The van der Waals surface area contributed by atoms with Gasteiger partial charge in [0.2, 0.25) is 11.8 Å². The lowest BCUT2D eigenvalue weighted by molar-refractivity contribution is -0.139. The number of rotatable bonds is 13. The van der Waals surface area contributed by atoms with Crippen molar-refractivity contribution in [2.24, 2.45) is 0 Å². The molecule has 0 fully saturated rings. The van der Waals surface area contributed by atoms with Crippen LogP contribution in [-0.2, 0) is 28.3 Å². The van der Waals surface area contributed by atoms with E-state index in [0.29, 0.717) is 35.3 Å². The molecule has 3 rings (SSSR count). The van der Waals surface area contributed by atoms with Crippen LogP contribution in [0.25, 0.3) is 0 Å². The molecule has 1 atom stereocenters. The zero-order valence-corrected chi connectivity index (χ0v) is 23.7. The van der Waals surface area contributed by atoms with Crippen molar-refractivity contribution >= 4 is 46.8 Å². The Morgan fingerprint density at radius 3 is 2.38 bits per heavy atom. The average molecular weight is 558 g/mol. The molecule has 37 heavy (non-hydrogen) atoms. The number of benzene rings is 3. The molecule has 0 aliphatic heterocycles. The summed E-state index contributed by atoms with van der Waals surface area (Å²) >= 11 is 13.7. The molecular formula is C30H34Cl2N2O2S. The number of hydrogen-bond donors (Lipinski definition) is 1. The van der Waals surface area contributed by atoms with E-state index in [1.807, 2.05) is 73.7 Å². The van der Waals surface area contributed by atoms with Crippen LogP contribution in [0.15, 0.2) is 72.8 Å². The number of carbonyl (C=O) groups excluding carboxylic acids is 2. The molecule has 0 bridgehead atoms. The van der Waals surface area contributed by atoms with Crippen LogP contribution in [0.5, 0.6) is 0 Å². The Kier molecular flexibility index (Phi) is 11.8. The maximum atomic E-state index is 13.7. The first kappa shape index (κ1) is 29.1. The summed E-state index contributed by atoms with van der Waals surface area (Å²) in [4.78, 5) is 28.9. The fraction of sp³-hybridized carbons (Fsp3) is 0.333. The molecule has 3 aromatic rings. The molecule has 4 nitrogen and oxygen atoms in total. The molecule has 0 spiro atoms. The number of carbonyl (C=O) groups is 2. The smallest absolute Gasteiger partial charge is 0.243 e. The Balaban J connectivity index is 1.83. The summed E-state index contributed by atoms with van der Waals surface area (Å²) in [5.41, 5.74) is 4.14. The predicted molar refractivity (Wildman–Crippen MR) is 156 cm³/mol. The number of unbranched alkanes of at least 4 members (excludes halogenated alkanes) is 1. The number of halogens is 2. The fourth-order valence-corrected chi connectivity index (χ4v) is 5.18. The highest BCUT2D eigenvalue weighted by molar-refractivity contribution is 7.99. The molecule has 2 amide bonds. The number of thioether (sulfide) groups is 1. The number of aryl methyl sites for hydroxylation is 1. The van der Waals surface area contributed by atoms with E-state index in [1.54, 1.807) is 11.0 Å². The van der Waals surface area contributed by atoms with Crippen molar-refractivity contribution in [1.29, 1.82) is 0 Å². The summed E-state index contributed by atoms with van der Waals surface area (Å²) in [5.74, 6) is 0.681. The average Bonchev–Trinajstić information content (AvgIpc) is 2.89. The molecule has 1 N–H and O–H groups in total. The lowest BCUT2D eigenvalue weighted by Crippen LogP contribution is -2.51. The Bertz CT molecular complexity index is 1170. The molecule has 0 radical (unpaired) electrons. The summed E-state index contributed by atoms with van der Waals surface area (Å²) in [6.45, 7) is 5.09. The largest absolute Gasteiger partial charge is 0.354 e. The zero-order chi connectivity index (χ0) is 26.6. The van der Waals surface area contributed by atoms with E-state index in [1.165, 1.54) is 11.8 Å². The maximum absolute atomic E-state index is 13.7. The summed E-state index contributed by atoms with van der Waals surface area (Å²) in [6, 6.07) is 22.8. The quantitative estimate of drug-likeness (QED) is 0.228. The second kappa shape index (κ2) is 15.1. The van der Waals surface area contributed by atoms with Gasteiger partial charge in [-0.25, -0.2) is 0 Å². The first-order chi connectivity index (χ1) is 17.9. The van der Waals surface area contributed by atoms with Crippen LogP contribution in [0, 0.1) is 6.92 Å². The van der Waals surface area contributed by atoms with Crippen LogP contribution in [0.3, 0.4) is 0 Å². The molecule has 0 saturated heterocycles. The standard InChI is InChI=1S/C30H34Cl2N2O2S/c1-3-4-16-33-30(36)28(18-23-11-6-5-7-12-23)34(19-25-13-9-8-10-22(25)2)29(35)21-37-20-24-14-15-26(31)27(32)17-24/h5-15,17,28H,3-4,16,18-21H2,1-2H3,(H,33,36). The van der Waals surface area contributed by atoms with Crippen molar-refractivity contribution in [2.45, 2.75) is 51.4 Å². The Morgan fingerprint density at radius 2 is 1.68 bits per heavy atom. The van der Waals surface area contributed by atoms with Crippen molar-refractivity contribution in [1.82, 2.24) is 10.2 Å². The van der Waals surface area contributed by atoms with Crippen molar-refractivity contribution in [3.05, 3.63) is 105 Å². The van der Waals surface area contributed by atoms with Crippen LogP contribution in [-0.4, -0.2) is 35.1 Å². The maximum Gasteiger partial charge on any atom is 0.243 e. The topological polar surface area (TPSA) is 49.4 Å². The van der Waals surface area contributed by atoms with E-state index in [-0.39, 0.29) is 17.6 Å². The normalized spacial score (nSPS) is 11.7.